The number of rotatable bonds is 5. The lowest BCUT2D eigenvalue weighted by Gasteiger charge is -2.26. The highest BCUT2D eigenvalue weighted by atomic mass is 16.5. The standard InChI is InChI=1S/C18H17N9O3/c19-15(28)11-5-14(30-9-11)13-8-20-16(17-23-10-24-27(13)17)25-12-6-21-18(22-7-12)26-1-3-29-4-2-26/h5-10H,1-4H2,(H2,19,28)(H,20,25). The molecule has 1 fully saturated rings. The Balaban J connectivity index is 1.41. The van der Waals surface area contributed by atoms with Crippen LogP contribution in [0.3, 0.4) is 0 Å². The summed E-state index contributed by atoms with van der Waals surface area (Å²) in [6.45, 7) is 2.86. The smallest absolute Gasteiger partial charge is 0.251 e. The SMILES string of the molecule is NC(=O)c1coc(-c2cnc(Nc3cnc(N4CCOCC4)nc3)c3ncnn23)c1. The van der Waals surface area contributed by atoms with Crippen molar-refractivity contribution >= 4 is 29.0 Å². The first-order valence-electron chi connectivity index (χ1n) is 9.18. The van der Waals surface area contributed by atoms with Gasteiger partial charge in [0.15, 0.2) is 17.2 Å². The molecule has 0 unspecified atom stereocenters. The maximum absolute atomic E-state index is 11.3. The van der Waals surface area contributed by atoms with Gasteiger partial charge in [-0.05, 0) is 6.07 Å². The number of ether oxygens (including phenoxy) is 1. The lowest BCUT2D eigenvalue weighted by atomic mass is 10.2. The van der Waals surface area contributed by atoms with Crippen LogP contribution in [0.1, 0.15) is 10.4 Å². The molecule has 3 N–H and O–H groups in total. The second-order valence-electron chi connectivity index (χ2n) is 6.55. The van der Waals surface area contributed by atoms with E-state index in [0.29, 0.717) is 47.8 Å². The number of primary amides is 1. The summed E-state index contributed by atoms with van der Waals surface area (Å²) in [6, 6.07) is 1.53. The molecule has 1 aliphatic heterocycles. The Kier molecular flexibility index (Phi) is 4.44. The summed E-state index contributed by atoms with van der Waals surface area (Å²) >= 11 is 0. The molecular formula is C18H17N9O3. The lowest BCUT2D eigenvalue weighted by Crippen LogP contribution is -2.37. The fourth-order valence-corrected chi connectivity index (χ4v) is 3.12. The van der Waals surface area contributed by atoms with E-state index in [1.54, 1.807) is 23.1 Å². The number of fused-ring (bicyclic) bond motifs is 1. The zero-order chi connectivity index (χ0) is 20.5. The van der Waals surface area contributed by atoms with Gasteiger partial charge in [-0.3, -0.25) is 4.79 Å². The van der Waals surface area contributed by atoms with E-state index in [1.807, 2.05) is 0 Å². The maximum atomic E-state index is 11.3. The van der Waals surface area contributed by atoms with E-state index in [0.717, 1.165) is 13.1 Å². The number of hydrogen-bond donors (Lipinski definition) is 2. The number of carbonyl (C=O) groups is 1. The highest BCUT2D eigenvalue weighted by molar-refractivity contribution is 5.93. The number of amides is 1. The minimum Gasteiger partial charge on any atom is -0.462 e. The molecule has 4 aromatic rings. The van der Waals surface area contributed by atoms with Gasteiger partial charge in [0, 0.05) is 13.1 Å². The summed E-state index contributed by atoms with van der Waals surface area (Å²) in [7, 11) is 0. The Labute approximate surface area is 169 Å². The number of nitrogens with zero attached hydrogens (tertiary/aromatic N) is 7. The van der Waals surface area contributed by atoms with Crippen molar-refractivity contribution in [3.8, 4) is 11.5 Å². The van der Waals surface area contributed by atoms with Crippen LogP contribution in [0, 0.1) is 0 Å². The first kappa shape index (κ1) is 18.0. The van der Waals surface area contributed by atoms with Crippen LogP contribution in [0.25, 0.3) is 17.1 Å². The first-order chi connectivity index (χ1) is 14.7. The Morgan fingerprint density at radius 2 is 1.90 bits per heavy atom. The van der Waals surface area contributed by atoms with Gasteiger partial charge in [0.05, 0.1) is 43.1 Å². The van der Waals surface area contributed by atoms with Crippen molar-refractivity contribution in [1.82, 2.24) is 29.5 Å². The molecule has 30 heavy (non-hydrogen) atoms. The van der Waals surface area contributed by atoms with E-state index in [9.17, 15) is 4.79 Å². The van der Waals surface area contributed by atoms with Crippen LogP contribution in [0.2, 0.25) is 0 Å². The molecule has 152 valence electrons. The fraction of sp³-hybridized carbons (Fsp3) is 0.222. The van der Waals surface area contributed by atoms with Crippen molar-refractivity contribution in [2.75, 3.05) is 36.5 Å². The van der Waals surface area contributed by atoms with Gasteiger partial charge in [-0.1, -0.05) is 0 Å². The Hall–Kier alpha value is -4.06. The van der Waals surface area contributed by atoms with Crippen LogP contribution in [0.4, 0.5) is 17.5 Å². The van der Waals surface area contributed by atoms with Crippen LogP contribution in [0.5, 0.6) is 0 Å². The molecule has 0 atom stereocenters. The molecule has 5 rings (SSSR count). The van der Waals surface area contributed by atoms with E-state index in [1.165, 1.54) is 18.7 Å². The topological polar surface area (TPSA) is 150 Å². The summed E-state index contributed by atoms with van der Waals surface area (Å²) < 4.78 is 12.3. The Morgan fingerprint density at radius 3 is 2.63 bits per heavy atom. The van der Waals surface area contributed by atoms with Crippen molar-refractivity contribution in [2.45, 2.75) is 0 Å². The van der Waals surface area contributed by atoms with Crippen molar-refractivity contribution in [3.63, 3.8) is 0 Å². The zero-order valence-corrected chi connectivity index (χ0v) is 15.7. The molecule has 5 heterocycles. The van der Waals surface area contributed by atoms with Crippen molar-refractivity contribution in [2.24, 2.45) is 5.73 Å². The van der Waals surface area contributed by atoms with Gasteiger partial charge in [-0.25, -0.2) is 24.5 Å². The molecule has 4 aromatic heterocycles. The van der Waals surface area contributed by atoms with E-state index in [-0.39, 0.29) is 5.56 Å². The number of aromatic nitrogens is 6. The third-order valence-electron chi connectivity index (χ3n) is 4.63. The molecular weight excluding hydrogens is 390 g/mol. The van der Waals surface area contributed by atoms with E-state index >= 15 is 0 Å². The number of furan rings is 1. The van der Waals surface area contributed by atoms with Gasteiger partial charge in [-0.2, -0.15) is 5.10 Å². The van der Waals surface area contributed by atoms with Gasteiger partial charge >= 0.3 is 0 Å². The summed E-state index contributed by atoms with van der Waals surface area (Å²) in [5.41, 5.74) is 7.21. The van der Waals surface area contributed by atoms with Gasteiger partial charge in [-0.15, -0.1) is 0 Å². The maximum Gasteiger partial charge on any atom is 0.251 e. The monoisotopic (exact) mass is 407 g/mol. The fourth-order valence-electron chi connectivity index (χ4n) is 3.12. The zero-order valence-electron chi connectivity index (χ0n) is 15.7. The number of hydrogen-bond acceptors (Lipinski definition) is 10. The quantitative estimate of drug-likeness (QED) is 0.487. The van der Waals surface area contributed by atoms with E-state index in [4.69, 9.17) is 14.9 Å². The van der Waals surface area contributed by atoms with Gasteiger partial charge in [0.2, 0.25) is 5.95 Å². The third-order valence-corrected chi connectivity index (χ3v) is 4.63. The average molecular weight is 407 g/mol. The van der Waals surface area contributed by atoms with Crippen LogP contribution >= 0.6 is 0 Å². The number of anilines is 3. The molecule has 0 radical (unpaired) electrons. The molecule has 0 bridgehead atoms. The lowest BCUT2D eigenvalue weighted by molar-refractivity contribution is 0.0999. The van der Waals surface area contributed by atoms with Crippen molar-refractivity contribution < 1.29 is 13.9 Å². The minimum atomic E-state index is -0.577. The largest absolute Gasteiger partial charge is 0.462 e. The first-order valence-corrected chi connectivity index (χ1v) is 9.18. The molecule has 0 aliphatic carbocycles. The molecule has 0 aromatic carbocycles. The predicted molar refractivity (Wildman–Crippen MR) is 105 cm³/mol. The highest BCUT2D eigenvalue weighted by Gasteiger charge is 2.17. The second kappa shape index (κ2) is 7.40. The number of nitrogens with two attached hydrogens (primary N) is 1. The van der Waals surface area contributed by atoms with Crippen molar-refractivity contribution in [3.05, 3.63) is 42.8 Å². The molecule has 0 spiro atoms. The van der Waals surface area contributed by atoms with Crippen LogP contribution in [-0.4, -0.2) is 61.8 Å². The third kappa shape index (κ3) is 3.28. The van der Waals surface area contributed by atoms with E-state index in [2.05, 4.69) is 35.3 Å². The number of morpholine rings is 1. The van der Waals surface area contributed by atoms with Gasteiger partial charge < -0.3 is 25.1 Å². The van der Waals surface area contributed by atoms with Crippen LogP contribution in [-0.2, 0) is 4.74 Å². The van der Waals surface area contributed by atoms with Gasteiger partial charge in [0.1, 0.15) is 18.3 Å². The molecule has 1 aliphatic rings. The number of nitrogens with one attached hydrogen (secondary N) is 1. The molecule has 12 nitrogen and oxygen atoms in total. The molecule has 1 amide bonds. The minimum absolute atomic E-state index is 0.262. The summed E-state index contributed by atoms with van der Waals surface area (Å²) in [5, 5.41) is 7.38. The van der Waals surface area contributed by atoms with Gasteiger partial charge in [0.25, 0.3) is 5.91 Å². The molecule has 1 saturated heterocycles. The van der Waals surface area contributed by atoms with E-state index < -0.39 is 5.91 Å². The van der Waals surface area contributed by atoms with Crippen LogP contribution in [0.15, 0.2) is 41.7 Å². The average Bonchev–Trinajstić information content (AvgIpc) is 3.46. The Bertz CT molecular complexity index is 1200. The highest BCUT2D eigenvalue weighted by Crippen LogP contribution is 2.25. The Morgan fingerprint density at radius 1 is 1.10 bits per heavy atom. The summed E-state index contributed by atoms with van der Waals surface area (Å²) in [6.07, 6.45) is 7.63. The normalized spacial score (nSPS) is 14.2. The van der Waals surface area contributed by atoms with Crippen LogP contribution < -0.4 is 16.0 Å². The molecule has 0 saturated carbocycles. The number of carbonyl (C=O) groups excluding carboxylic acids is 1. The molecule has 12 heteroatoms. The second-order valence-corrected chi connectivity index (χ2v) is 6.55. The summed E-state index contributed by atoms with van der Waals surface area (Å²) in [4.78, 5) is 30.9. The predicted octanol–water partition coefficient (Wildman–Crippen LogP) is 0.853. The van der Waals surface area contributed by atoms with Crippen molar-refractivity contribution in [1.29, 1.82) is 0 Å². The summed E-state index contributed by atoms with van der Waals surface area (Å²) in [5.74, 6) is 0.951.